The maximum atomic E-state index is 11.7. The number of nitrogen functional groups attached to an aromatic ring is 1. The van der Waals surface area contributed by atoms with E-state index in [1.165, 1.54) is 7.11 Å². The Morgan fingerprint density at radius 3 is 2.72 bits per heavy atom. The molecule has 1 aromatic rings. The lowest BCUT2D eigenvalue weighted by molar-refractivity contribution is 0.0602. The van der Waals surface area contributed by atoms with Crippen molar-refractivity contribution in [2.45, 2.75) is 0 Å². The molecule has 2 N–H and O–H groups in total. The molecule has 1 aliphatic rings. The van der Waals surface area contributed by atoms with Gasteiger partial charge in [-0.05, 0) is 12.1 Å². The zero-order valence-corrected chi connectivity index (χ0v) is 11.7. The Kier molecular flexibility index (Phi) is 4.08. The van der Waals surface area contributed by atoms with Crippen LogP contribution in [0.3, 0.4) is 0 Å². The highest BCUT2D eigenvalue weighted by Crippen LogP contribution is 2.32. The van der Waals surface area contributed by atoms with Gasteiger partial charge in [0, 0.05) is 17.6 Å². The van der Waals surface area contributed by atoms with Gasteiger partial charge in [0.05, 0.1) is 37.3 Å². The number of benzene rings is 1. The van der Waals surface area contributed by atoms with Crippen LogP contribution in [0.2, 0.25) is 0 Å². The van der Waals surface area contributed by atoms with E-state index >= 15 is 0 Å². The minimum atomic E-state index is -0.427. The van der Waals surface area contributed by atoms with Crippen LogP contribution in [-0.2, 0) is 9.47 Å². The van der Waals surface area contributed by atoms with Gasteiger partial charge >= 0.3 is 5.97 Å². The predicted molar refractivity (Wildman–Crippen MR) is 72.9 cm³/mol. The highest BCUT2D eigenvalue weighted by atomic mass is 79.9. The number of nitrogens with zero attached hydrogens (tertiary/aromatic N) is 1. The summed E-state index contributed by atoms with van der Waals surface area (Å²) in [6, 6.07) is 3.58. The molecule has 0 aromatic heterocycles. The summed E-state index contributed by atoms with van der Waals surface area (Å²) in [7, 11) is 1.34. The van der Waals surface area contributed by atoms with E-state index in [2.05, 4.69) is 20.8 Å². The van der Waals surface area contributed by atoms with Crippen molar-refractivity contribution < 1.29 is 14.3 Å². The van der Waals surface area contributed by atoms with Crippen LogP contribution in [0, 0.1) is 0 Å². The number of hydrogen-bond acceptors (Lipinski definition) is 5. The molecular weight excluding hydrogens is 300 g/mol. The summed E-state index contributed by atoms with van der Waals surface area (Å²) in [6.07, 6.45) is 0. The molecule has 0 atom stereocenters. The van der Waals surface area contributed by atoms with E-state index in [4.69, 9.17) is 15.2 Å². The zero-order valence-electron chi connectivity index (χ0n) is 10.1. The smallest absolute Gasteiger partial charge is 0.340 e. The second kappa shape index (κ2) is 5.58. The van der Waals surface area contributed by atoms with Gasteiger partial charge in [-0.1, -0.05) is 15.9 Å². The molecule has 0 aliphatic carbocycles. The summed E-state index contributed by atoms with van der Waals surface area (Å²) in [5.74, 6) is -0.427. The molecule has 1 heterocycles. The van der Waals surface area contributed by atoms with Gasteiger partial charge in [0.1, 0.15) is 0 Å². The van der Waals surface area contributed by atoms with Crippen LogP contribution in [0.25, 0.3) is 0 Å². The summed E-state index contributed by atoms with van der Waals surface area (Å²) in [5.41, 5.74) is 7.73. The van der Waals surface area contributed by atoms with Gasteiger partial charge in [-0.3, -0.25) is 0 Å². The van der Waals surface area contributed by atoms with Crippen molar-refractivity contribution >= 4 is 33.3 Å². The van der Waals surface area contributed by atoms with Crippen LogP contribution in [0.5, 0.6) is 0 Å². The summed E-state index contributed by atoms with van der Waals surface area (Å²) >= 11 is 3.39. The van der Waals surface area contributed by atoms with Crippen molar-refractivity contribution in [1.29, 1.82) is 0 Å². The van der Waals surface area contributed by atoms with Gasteiger partial charge in [-0.25, -0.2) is 4.79 Å². The van der Waals surface area contributed by atoms with E-state index in [0.29, 0.717) is 24.5 Å². The Hall–Kier alpha value is -1.27. The van der Waals surface area contributed by atoms with Gasteiger partial charge in [0.25, 0.3) is 0 Å². The Labute approximate surface area is 114 Å². The number of nitrogens with two attached hydrogens (primary N) is 1. The van der Waals surface area contributed by atoms with Gasteiger partial charge in [-0.2, -0.15) is 0 Å². The molecule has 18 heavy (non-hydrogen) atoms. The molecule has 98 valence electrons. The Balaban J connectivity index is 2.40. The Morgan fingerprint density at radius 2 is 2.11 bits per heavy atom. The lowest BCUT2D eigenvalue weighted by atomic mass is 10.1. The number of hydrogen-bond donors (Lipinski definition) is 1. The third kappa shape index (κ3) is 2.59. The van der Waals surface area contributed by atoms with Crippen LogP contribution >= 0.6 is 15.9 Å². The first kappa shape index (κ1) is 13.2. The third-order valence-corrected chi connectivity index (χ3v) is 3.34. The standard InChI is InChI=1S/C12H15BrN2O3/c1-17-12(16)9-6-8(13)7-10(11(9)14)15-2-4-18-5-3-15/h6-7H,2-5,14H2,1H3. The van der Waals surface area contributed by atoms with Crippen LogP contribution < -0.4 is 10.6 Å². The SMILES string of the molecule is COC(=O)c1cc(Br)cc(N2CCOCC2)c1N. The quantitative estimate of drug-likeness (QED) is 0.664. The van der Waals surface area contributed by atoms with Gasteiger partial charge in [0.15, 0.2) is 0 Å². The van der Waals surface area contributed by atoms with Crippen LogP contribution in [-0.4, -0.2) is 39.4 Å². The molecule has 0 radical (unpaired) electrons. The van der Waals surface area contributed by atoms with Crippen molar-refractivity contribution in [3.05, 3.63) is 22.2 Å². The van der Waals surface area contributed by atoms with Gasteiger partial charge in [-0.15, -0.1) is 0 Å². The Bertz CT molecular complexity index is 459. The zero-order chi connectivity index (χ0) is 13.1. The lowest BCUT2D eigenvalue weighted by Crippen LogP contribution is -2.36. The van der Waals surface area contributed by atoms with Crippen LogP contribution in [0.1, 0.15) is 10.4 Å². The van der Waals surface area contributed by atoms with Crippen molar-refractivity contribution in [2.75, 3.05) is 44.0 Å². The van der Waals surface area contributed by atoms with Crippen LogP contribution in [0.15, 0.2) is 16.6 Å². The molecule has 0 unspecified atom stereocenters. The van der Waals surface area contributed by atoms with Crippen LogP contribution in [0.4, 0.5) is 11.4 Å². The van der Waals surface area contributed by atoms with E-state index < -0.39 is 5.97 Å². The molecule has 1 aromatic carbocycles. The maximum absolute atomic E-state index is 11.7. The summed E-state index contributed by atoms with van der Waals surface area (Å²) in [4.78, 5) is 13.8. The van der Waals surface area contributed by atoms with Gasteiger partial charge < -0.3 is 20.1 Å². The van der Waals surface area contributed by atoms with E-state index in [9.17, 15) is 4.79 Å². The van der Waals surface area contributed by atoms with Crippen molar-refractivity contribution in [3.8, 4) is 0 Å². The first-order valence-electron chi connectivity index (χ1n) is 5.63. The first-order valence-corrected chi connectivity index (χ1v) is 6.43. The summed E-state index contributed by atoms with van der Waals surface area (Å²) in [5, 5.41) is 0. The average molecular weight is 315 g/mol. The highest BCUT2D eigenvalue weighted by molar-refractivity contribution is 9.10. The van der Waals surface area contributed by atoms with Gasteiger partial charge in [0.2, 0.25) is 0 Å². The molecule has 5 nitrogen and oxygen atoms in total. The van der Waals surface area contributed by atoms with Crippen molar-refractivity contribution in [1.82, 2.24) is 0 Å². The average Bonchev–Trinajstić information content (AvgIpc) is 2.41. The van der Waals surface area contributed by atoms with E-state index in [0.717, 1.165) is 23.2 Å². The number of ether oxygens (including phenoxy) is 2. The predicted octanol–water partition coefficient (Wildman–Crippen LogP) is 1.65. The Morgan fingerprint density at radius 1 is 1.44 bits per heavy atom. The van der Waals surface area contributed by atoms with E-state index in [-0.39, 0.29) is 0 Å². The second-order valence-corrected chi connectivity index (χ2v) is 4.89. The molecule has 0 amide bonds. The fourth-order valence-corrected chi connectivity index (χ4v) is 2.39. The number of methoxy groups -OCH3 is 1. The van der Waals surface area contributed by atoms with E-state index in [1.54, 1.807) is 6.07 Å². The number of carbonyl (C=O) groups excluding carboxylic acids is 1. The topological polar surface area (TPSA) is 64.8 Å². The number of esters is 1. The summed E-state index contributed by atoms with van der Waals surface area (Å²) in [6.45, 7) is 2.86. The number of morpholine rings is 1. The highest BCUT2D eigenvalue weighted by Gasteiger charge is 2.20. The molecule has 1 fully saturated rings. The number of carbonyl (C=O) groups is 1. The lowest BCUT2D eigenvalue weighted by Gasteiger charge is -2.30. The summed E-state index contributed by atoms with van der Waals surface area (Å²) < 4.78 is 10.8. The minimum Gasteiger partial charge on any atom is -0.465 e. The third-order valence-electron chi connectivity index (χ3n) is 2.88. The molecule has 1 aliphatic heterocycles. The fourth-order valence-electron chi connectivity index (χ4n) is 1.95. The second-order valence-electron chi connectivity index (χ2n) is 3.98. The molecule has 0 bridgehead atoms. The molecular formula is C12H15BrN2O3. The first-order chi connectivity index (χ1) is 8.63. The monoisotopic (exact) mass is 314 g/mol. The van der Waals surface area contributed by atoms with Crippen molar-refractivity contribution in [2.24, 2.45) is 0 Å². The molecule has 2 rings (SSSR count). The maximum Gasteiger partial charge on any atom is 0.340 e. The van der Waals surface area contributed by atoms with E-state index in [1.807, 2.05) is 6.07 Å². The molecule has 1 saturated heterocycles. The fraction of sp³-hybridized carbons (Fsp3) is 0.417. The minimum absolute atomic E-state index is 0.383. The molecule has 6 heteroatoms. The number of rotatable bonds is 2. The number of anilines is 2. The largest absolute Gasteiger partial charge is 0.465 e. The number of halogens is 1. The van der Waals surface area contributed by atoms with Crippen molar-refractivity contribution in [3.63, 3.8) is 0 Å². The molecule has 0 saturated carbocycles. The molecule has 0 spiro atoms. The normalized spacial score (nSPS) is 15.6.